The summed E-state index contributed by atoms with van der Waals surface area (Å²) in [5.41, 5.74) is 2.61. The molecule has 0 fully saturated rings. The Morgan fingerprint density at radius 1 is 1.26 bits per heavy atom. The molecular formula is C24H21NO5S. The number of benzene rings is 2. The van der Waals surface area contributed by atoms with Gasteiger partial charge in [-0.05, 0) is 23.8 Å². The Hall–Kier alpha value is -3.58. The molecule has 31 heavy (non-hydrogen) atoms. The molecule has 6 nitrogen and oxygen atoms in total. The number of carbonyl (C=O) groups is 2. The van der Waals surface area contributed by atoms with Gasteiger partial charge in [0, 0.05) is 28.3 Å². The van der Waals surface area contributed by atoms with Gasteiger partial charge in [-0.2, -0.15) is 0 Å². The number of hydrogen-bond acceptors (Lipinski definition) is 5. The molecule has 2 N–H and O–H groups in total. The molecular weight excluding hydrogens is 414 g/mol. The summed E-state index contributed by atoms with van der Waals surface area (Å²) in [6.07, 6.45) is 1.87. The normalized spacial score (nSPS) is 15.0. The predicted molar refractivity (Wildman–Crippen MR) is 120 cm³/mol. The number of carboxylic acids is 1. The molecule has 0 saturated heterocycles. The predicted octanol–water partition coefficient (Wildman–Crippen LogP) is 5.16. The molecule has 0 bridgehead atoms. The summed E-state index contributed by atoms with van der Waals surface area (Å²) in [5.74, 6) is -0.181. The van der Waals surface area contributed by atoms with E-state index in [9.17, 15) is 14.7 Å². The Bertz CT molecular complexity index is 1150. The summed E-state index contributed by atoms with van der Waals surface area (Å²) in [6.45, 7) is 4.02. The summed E-state index contributed by atoms with van der Waals surface area (Å²) in [5, 5.41) is 12.8. The van der Waals surface area contributed by atoms with Gasteiger partial charge in [0.05, 0.1) is 12.8 Å². The average Bonchev–Trinajstić information content (AvgIpc) is 3.17. The fourth-order valence-corrected chi connectivity index (χ4v) is 5.01. The molecule has 1 amide bonds. The Morgan fingerprint density at radius 2 is 2.00 bits per heavy atom. The van der Waals surface area contributed by atoms with Crippen LogP contribution >= 0.6 is 11.3 Å². The van der Waals surface area contributed by atoms with Crippen LogP contribution in [0, 0.1) is 0 Å². The fourth-order valence-electron chi connectivity index (χ4n) is 3.77. The zero-order valence-corrected chi connectivity index (χ0v) is 17.7. The summed E-state index contributed by atoms with van der Waals surface area (Å²) >= 11 is 1.19. The first kappa shape index (κ1) is 20.7. The summed E-state index contributed by atoms with van der Waals surface area (Å²) in [6, 6.07) is 14.6. The highest BCUT2D eigenvalue weighted by atomic mass is 32.1. The quantitative estimate of drug-likeness (QED) is 0.501. The van der Waals surface area contributed by atoms with Gasteiger partial charge in [0.25, 0.3) is 0 Å². The second-order valence-corrected chi connectivity index (χ2v) is 8.07. The summed E-state index contributed by atoms with van der Waals surface area (Å²) < 4.78 is 11.0. The second kappa shape index (κ2) is 8.65. The standard InChI is InChI=1S/C24H21NO5S/c1-3-12-30-18-7-5-4-6-16(18)17-13-19(26)25-21-20(23(24(27)28)31-22(17)21)14-8-10-15(29-2)11-9-14/h3-11,17H,1,12-13H2,2H3,(H,25,26)(H,27,28). The monoisotopic (exact) mass is 435 g/mol. The molecule has 2 heterocycles. The van der Waals surface area contributed by atoms with E-state index >= 15 is 0 Å². The number of nitrogens with one attached hydrogen (secondary N) is 1. The minimum Gasteiger partial charge on any atom is -0.497 e. The molecule has 4 rings (SSSR count). The lowest BCUT2D eigenvalue weighted by atomic mass is 9.88. The minimum absolute atomic E-state index is 0.166. The second-order valence-electron chi connectivity index (χ2n) is 7.02. The highest BCUT2D eigenvalue weighted by Crippen LogP contribution is 2.50. The van der Waals surface area contributed by atoms with Crippen LogP contribution in [0.25, 0.3) is 11.1 Å². The Morgan fingerprint density at radius 3 is 2.68 bits per heavy atom. The van der Waals surface area contributed by atoms with Crippen LogP contribution in [0.4, 0.5) is 5.69 Å². The third-order valence-corrected chi connectivity index (χ3v) is 6.42. The SMILES string of the molecule is C=CCOc1ccccc1C1CC(=O)Nc2c1sc(C(=O)O)c2-c1ccc(OC)cc1. The molecule has 1 aromatic heterocycles. The summed E-state index contributed by atoms with van der Waals surface area (Å²) in [4.78, 5) is 25.8. The molecule has 0 aliphatic carbocycles. The molecule has 1 atom stereocenters. The van der Waals surface area contributed by atoms with E-state index in [4.69, 9.17) is 9.47 Å². The maximum atomic E-state index is 12.7. The van der Waals surface area contributed by atoms with E-state index in [2.05, 4.69) is 11.9 Å². The first-order valence-corrected chi connectivity index (χ1v) is 10.5. The van der Waals surface area contributed by atoms with Crippen LogP contribution in [0.3, 0.4) is 0 Å². The average molecular weight is 436 g/mol. The Balaban J connectivity index is 1.88. The van der Waals surface area contributed by atoms with Gasteiger partial charge in [0.1, 0.15) is 23.0 Å². The van der Waals surface area contributed by atoms with E-state index < -0.39 is 5.97 Å². The van der Waals surface area contributed by atoms with Gasteiger partial charge in [-0.1, -0.05) is 43.0 Å². The van der Waals surface area contributed by atoms with E-state index in [0.717, 1.165) is 10.4 Å². The minimum atomic E-state index is -1.03. The largest absolute Gasteiger partial charge is 0.497 e. The molecule has 7 heteroatoms. The van der Waals surface area contributed by atoms with Crippen molar-refractivity contribution in [2.45, 2.75) is 12.3 Å². The number of thiophene rings is 1. The van der Waals surface area contributed by atoms with E-state index in [1.54, 1.807) is 37.5 Å². The zero-order chi connectivity index (χ0) is 22.0. The van der Waals surface area contributed by atoms with E-state index in [-0.39, 0.29) is 23.1 Å². The highest BCUT2D eigenvalue weighted by molar-refractivity contribution is 7.15. The first-order chi connectivity index (χ1) is 15.0. The van der Waals surface area contributed by atoms with Crippen LogP contribution in [0.5, 0.6) is 11.5 Å². The van der Waals surface area contributed by atoms with Crippen LogP contribution in [-0.2, 0) is 4.79 Å². The lowest BCUT2D eigenvalue weighted by molar-refractivity contribution is -0.116. The number of rotatable bonds is 7. The molecule has 1 unspecified atom stereocenters. The topological polar surface area (TPSA) is 84.9 Å². The number of para-hydroxylation sites is 1. The van der Waals surface area contributed by atoms with Crippen molar-refractivity contribution in [1.82, 2.24) is 0 Å². The van der Waals surface area contributed by atoms with Crippen molar-refractivity contribution in [2.75, 3.05) is 19.0 Å². The lowest BCUT2D eigenvalue weighted by Gasteiger charge is -2.25. The first-order valence-electron chi connectivity index (χ1n) is 9.70. The van der Waals surface area contributed by atoms with Crippen LogP contribution in [0.1, 0.15) is 32.5 Å². The molecule has 0 saturated carbocycles. The zero-order valence-electron chi connectivity index (χ0n) is 16.9. The number of amides is 1. The van der Waals surface area contributed by atoms with Crippen LogP contribution < -0.4 is 14.8 Å². The van der Waals surface area contributed by atoms with Crippen molar-refractivity contribution in [2.24, 2.45) is 0 Å². The number of anilines is 1. The smallest absolute Gasteiger partial charge is 0.346 e. The van der Waals surface area contributed by atoms with Gasteiger partial charge in [0.15, 0.2) is 0 Å². The van der Waals surface area contributed by atoms with E-state index in [1.807, 2.05) is 24.3 Å². The fraction of sp³-hybridized carbons (Fsp3) is 0.167. The van der Waals surface area contributed by atoms with Crippen molar-refractivity contribution >= 4 is 28.9 Å². The van der Waals surface area contributed by atoms with Crippen LogP contribution in [-0.4, -0.2) is 30.7 Å². The molecule has 2 aromatic carbocycles. The molecule has 3 aromatic rings. The number of ether oxygens (including phenoxy) is 2. The van der Waals surface area contributed by atoms with Gasteiger partial charge in [-0.15, -0.1) is 11.3 Å². The van der Waals surface area contributed by atoms with Gasteiger partial charge in [-0.3, -0.25) is 4.79 Å². The molecule has 158 valence electrons. The summed E-state index contributed by atoms with van der Waals surface area (Å²) in [7, 11) is 1.57. The van der Waals surface area contributed by atoms with Crippen molar-refractivity contribution in [3.8, 4) is 22.6 Å². The number of fused-ring (bicyclic) bond motifs is 1. The third kappa shape index (κ3) is 3.92. The van der Waals surface area contributed by atoms with Gasteiger partial charge in [-0.25, -0.2) is 4.79 Å². The van der Waals surface area contributed by atoms with Crippen LogP contribution in [0.15, 0.2) is 61.2 Å². The maximum absolute atomic E-state index is 12.7. The van der Waals surface area contributed by atoms with E-state index in [1.165, 1.54) is 11.3 Å². The number of carbonyl (C=O) groups excluding carboxylic acids is 1. The van der Waals surface area contributed by atoms with Crippen LogP contribution in [0.2, 0.25) is 0 Å². The van der Waals surface area contributed by atoms with Crippen molar-refractivity contribution in [3.05, 3.63) is 76.5 Å². The number of methoxy groups -OCH3 is 1. The van der Waals surface area contributed by atoms with E-state index in [0.29, 0.717) is 34.9 Å². The molecule has 1 aliphatic rings. The van der Waals surface area contributed by atoms with Crippen molar-refractivity contribution < 1.29 is 24.2 Å². The number of hydrogen-bond donors (Lipinski definition) is 2. The highest BCUT2D eigenvalue weighted by Gasteiger charge is 2.35. The lowest BCUT2D eigenvalue weighted by Crippen LogP contribution is -2.22. The molecule has 0 radical (unpaired) electrons. The van der Waals surface area contributed by atoms with Gasteiger partial charge >= 0.3 is 5.97 Å². The van der Waals surface area contributed by atoms with Crippen molar-refractivity contribution in [1.29, 1.82) is 0 Å². The van der Waals surface area contributed by atoms with Gasteiger partial charge < -0.3 is 19.9 Å². The van der Waals surface area contributed by atoms with Crippen molar-refractivity contribution in [3.63, 3.8) is 0 Å². The van der Waals surface area contributed by atoms with Gasteiger partial charge in [0.2, 0.25) is 5.91 Å². The number of aromatic carboxylic acids is 1. The Kier molecular flexibility index (Phi) is 5.77. The number of carboxylic acid groups (broad SMARTS) is 1. The Labute approximate surface area is 183 Å². The molecule has 1 aliphatic heterocycles. The third-order valence-electron chi connectivity index (χ3n) is 5.13. The molecule has 0 spiro atoms. The maximum Gasteiger partial charge on any atom is 0.346 e.